The topological polar surface area (TPSA) is 43.3 Å². The molecule has 2 heterocycles. The smallest absolute Gasteiger partial charge is 0.136 e. The average molecular weight is 161 g/mol. The molecule has 0 aromatic carbocycles. The fourth-order valence-electron chi connectivity index (χ4n) is 1.29. The van der Waals surface area contributed by atoms with Crippen molar-refractivity contribution in [2.75, 3.05) is 0 Å². The summed E-state index contributed by atoms with van der Waals surface area (Å²) in [7, 11) is 0. The van der Waals surface area contributed by atoms with Crippen LogP contribution in [0.25, 0.3) is 5.65 Å². The predicted octanol–water partition coefficient (Wildman–Crippen LogP) is 1.35. The fourth-order valence-corrected chi connectivity index (χ4v) is 1.29. The van der Waals surface area contributed by atoms with Crippen molar-refractivity contribution in [3.8, 4) is 0 Å². The van der Waals surface area contributed by atoms with Crippen LogP contribution in [0.3, 0.4) is 0 Å². The second-order valence-electron chi connectivity index (χ2n) is 2.90. The maximum absolute atomic E-state index is 5.76. The van der Waals surface area contributed by atoms with Crippen LogP contribution in [-0.4, -0.2) is 9.38 Å². The molecule has 0 spiro atoms. The Labute approximate surface area is 70.8 Å². The lowest BCUT2D eigenvalue weighted by atomic mass is 10.3. The first kappa shape index (κ1) is 7.31. The van der Waals surface area contributed by atoms with Crippen molar-refractivity contribution in [2.45, 2.75) is 13.0 Å². The Morgan fingerprint density at radius 1 is 1.50 bits per heavy atom. The summed E-state index contributed by atoms with van der Waals surface area (Å²) in [5.41, 5.74) is 7.76. The number of hydrogen-bond donors (Lipinski definition) is 1. The van der Waals surface area contributed by atoms with Crippen LogP contribution in [0.1, 0.15) is 18.7 Å². The molecule has 2 aromatic rings. The number of nitrogens with two attached hydrogens (primary N) is 1. The lowest BCUT2D eigenvalue weighted by Gasteiger charge is -2.03. The molecule has 3 heteroatoms. The molecule has 0 fully saturated rings. The number of hydrogen-bond acceptors (Lipinski definition) is 2. The zero-order valence-corrected chi connectivity index (χ0v) is 6.94. The lowest BCUT2D eigenvalue weighted by molar-refractivity contribution is 0.769. The molecule has 1 atom stereocenters. The van der Waals surface area contributed by atoms with Crippen molar-refractivity contribution < 1.29 is 0 Å². The highest BCUT2D eigenvalue weighted by Crippen LogP contribution is 2.11. The molecule has 0 aliphatic carbocycles. The molecule has 2 rings (SSSR count). The number of nitrogens with zero attached hydrogens (tertiary/aromatic N) is 2. The zero-order valence-electron chi connectivity index (χ0n) is 6.94. The molecule has 3 nitrogen and oxygen atoms in total. The van der Waals surface area contributed by atoms with Gasteiger partial charge in [-0.3, -0.25) is 0 Å². The molecule has 2 N–H and O–H groups in total. The molecule has 62 valence electrons. The van der Waals surface area contributed by atoms with Gasteiger partial charge in [0, 0.05) is 12.2 Å². The Morgan fingerprint density at radius 2 is 2.33 bits per heavy atom. The molecule has 0 amide bonds. The minimum absolute atomic E-state index is 0.0300. The van der Waals surface area contributed by atoms with Crippen LogP contribution >= 0.6 is 0 Å². The van der Waals surface area contributed by atoms with E-state index in [2.05, 4.69) is 4.98 Å². The van der Waals surface area contributed by atoms with Gasteiger partial charge in [-0.25, -0.2) is 4.98 Å². The van der Waals surface area contributed by atoms with E-state index in [1.165, 1.54) is 0 Å². The SMILES string of the molecule is CC(N)c1cnc2ccccn12. The number of pyridine rings is 1. The molecular weight excluding hydrogens is 150 g/mol. The summed E-state index contributed by atoms with van der Waals surface area (Å²) in [6, 6.07) is 5.93. The van der Waals surface area contributed by atoms with E-state index in [1.807, 2.05) is 41.9 Å². The van der Waals surface area contributed by atoms with Crippen LogP contribution in [0.5, 0.6) is 0 Å². The van der Waals surface area contributed by atoms with E-state index in [4.69, 9.17) is 5.73 Å². The van der Waals surface area contributed by atoms with E-state index in [-0.39, 0.29) is 6.04 Å². The van der Waals surface area contributed by atoms with Crippen LogP contribution in [0.15, 0.2) is 30.6 Å². The van der Waals surface area contributed by atoms with Crippen LogP contribution in [0.2, 0.25) is 0 Å². The van der Waals surface area contributed by atoms with E-state index >= 15 is 0 Å². The first-order valence-electron chi connectivity index (χ1n) is 3.96. The molecule has 0 aliphatic heterocycles. The van der Waals surface area contributed by atoms with E-state index in [0.29, 0.717) is 0 Å². The Hall–Kier alpha value is -1.35. The van der Waals surface area contributed by atoms with Gasteiger partial charge in [-0.05, 0) is 19.1 Å². The van der Waals surface area contributed by atoms with Gasteiger partial charge in [0.1, 0.15) is 5.65 Å². The van der Waals surface area contributed by atoms with Gasteiger partial charge < -0.3 is 10.1 Å². The van der Waals surface area contributed by atoms with Crippen molar-refractivity contribution in [3.63, 3.8) is 0 Å². The maximum atomic E-state index is 5.76. The fraction of sp³-hybridized carbons (Fsp3) is 0.222. The van der Waals surface area contributed by atoms with Gasteiger partial charge in [-0.1, -0.05) is 6.07 Å². The average Bonchev–Trinajstić information content (AvgIpc) is 2.47. The van der Waals surface area contributed by atoms with E-state index in [1.54, 1.807) is 0 Å². The highest BCUT2D eigenvalue weighted by molar-refractivity contribution is 5.40. The second-order valence-corrected chi connectivity index (χ2v) is 2.90. The molecule has 2 aromatic heterocycles. The Kier molecular flexibility index (Phi) is 1.59. The number of aromatic nitrogens is 2. The van der Waals surface area contributed by atoms with Gasteiger partial charge in [-0.2, -0.15) is 0 Å². The Balaban J connectivity index is 2.70. The van der Waals surface area contributed by atoms with Gasteiger partial charge in [0.05, 0.1) is 11.9 Å². The molecule has 0 radical (unpaired) electrons. The van der Waals surface area contributed by atoms with E-state index in [9.17, 15) is 0 Å². The molecule has 1 unspecified atom stereocenters. The van der Waals surface area contributed by atoms with Gasteiger partial charge in [0.15, 0.2) is 0 Å². The predicted molar refractivity (Wildman–Crippen MR) is 47.8 cm³/mol. The van der Waals surface area contributed by atoms with Gasteiger partial charge in [-0.15, -0.1) is 0 Å². The lowest BCUT2D eigenvalue weighted by Crippen LogP contribution is -2.07. The number of imidazole rings is 1. The minimum Gasteiger partial charge on any atom is -0.323 e. The first-order valence-corrected chi connectivity index (χ1v) is 3.96. The number of rotatable bonds is 1. The molecule has 0 bridgehead atoms. The highest BCUT2D eigenvalue weighted by atomic mass is 15.0. The Bertz CT molecular complexity index is 389. The second kappa shape index (κ2) is 2.60. The third-order valence-electron chi connectivity index (χ3n) is 1.91. The normalized spacial score (nSPS) is 13.5. The summed E-state index contributed by atoms with van der Waals surface area (Å²) in [5.74, 6) is 0. The van der Waals surface area contributed by atoms with Crippen molar-refractivity contribution in [3.05, 3.63) is 36.3 Å². The maximum Gasteiger partial charge on any atom is 0.136 e. The molecule has 0 saturated carbocycles. The van der Waals surface area contributed by atoms with E-state index in [0.717, 1.165) is 11.3 Å². The molecule has 0 aliphatic rings. The summed E-state index contributed by atoms with van der Waals surface area (Å²) < 4.78 is 2.00. The summed E-state index contributed by atoms with van der Waals surface area (Å²) >= 11 is 0. The third kappa shape index (κ3) is 0.987. The summed E-state index contributed by atoms with van der Waals surface area (Å²) in [4.78, 5) is 4.22. The largest absolute Gasteiger partial charge is 0.323 e. The first-order chi connectivity index (χ1) is 5.79. The molecule has 12 heavy (non-hydrogen) atoms. The quantitative estimate of drug-likeness (QED) is 0.686. The summed E-state index contributed by atoms with van der Waals surface area (Å²) in [6.07, 6.45) is 3.79. The van der Waals surface area contributed by atoms with Gasteiger partial charge >= 0.3 is 0 Å². The zero-order chi connectivity index (χ0) is 8.55. The molecular formula is C9H11N3. The highest BCUT2D eigenvalue weighted by Gasteiger charge is 2.04. The van der Waals surface area contributed by atoms with Gasteiger partial charge in [0.2, 0.25) is 0 Å². The van der Waals surface area contributed by atoms with E-state index < -0.39 is 0 Å². The minimum atomic E-state index is 0.0300. The van der Waals surface area contributed by atoms with Crippen molar-refractivity contribution in [2.24, 2.45) is 5.73 Å². The summed E-state index contributed by atoms with van der Waals surface area (Å²) in [5, 5.41) is 0. The standard InChI is InChI=1S/C9H11N3/c1-7(10)8-6-11-9-4-2-3-5-12(8)9/h2-7H,10H2,1H3. The molecule has 0 saturated heterocycles. The van der Waals surface area contributed by atoms with Crippen molar-refractivity contribution in [1.82, 2.24) is 9.38 Å². The number of fused-ring (bicyclic) bond motifs is 1. The van der Waals surface area contributed by atoms with Crippen LogP contribution in [0, 0.1) is 0 Å². The van der Waals surface area contributed by atoms with Crippen molar-refractivity contribution in [1.29, 1.82) is 0 Å². The van der Waals surface area contributed by atoms with Crippen molar-refractivity contribution >= 4 is 5.65 Å². The summed E-state index contributed by atoms with van der Waals surface area (Å²) in [6.45, 7) is 1.95. The van der Waals surface area contributed by atoms with Gasteiger partial charge in [0.25, 0.3) is 0 Å². The van der Waals surface area contributed by atoms with Crippen LogP contribution in [0.4, 0.5) is 0 Å². The van der Waals surface area contributed by atoms with Crippen LogP contribution in [-0.2, 0) is 0 Å². The Morgan fingerprint density at radius 3 is 3.08 bits per heavy atom. The monoisotopic (exact) mass is 161 g/mol. The van der Waals surface area contributed by atoms with Crippen LogP contribution < -0.4 is 5.73 Å². The third-order valence-corrected chi connectivity index (χ3v) is 1.91.